The van der Waals surface area contributed by atoms with Crippen molar-refractivity contribution in [3.05, 3.63) is 59.2 Å². The predicted molar refractivity (Wildman–Crippen MR) is 108 cm³/mol. The van der Waals surface area contributed by atoms with Crippen LogP contribution in [0.15, 0.2) is 58.0 Å². The van der Waals surface area contributed by atoms with Gasteiger partial charge in [0.1, 0.15) is 11.5 Å². The van der Waals surface area contributed by atoms with Crippen molar-refractivity contribution >= 4 is 34.4 Å². The van der Waals surface area contributed by atoms with Crippen molar-refractivity contribution in [2.24, 2.45) is 0 Å². The van der Waals surface area contributed by atoms with E-state index in [4.69, 9.17) is 9.08 Å². The van der Waals surface area contributed by atoms with Crippen LogP contribution in [0.3, 0.4) is 0 Å². The van der Waals surface area contributed by atoms with E-state index in [2.05, 4.69) is 32.1 Å². The maximum Gasteiger partial charge on any atom is 0.347 e. The van der Waals surface area contributed by atoms with Crippen LogP contribution in [0.5, 0.6) is 0 Å². The van der Waals surface area contributed by atoms with E-state index in [0.29, 0.717) is 17.0 Å². The average molecular weight is 400 g/mol. The van der Waals surface area contributed by atoms with Gasteiger partial charge >= 0.3 is 5.63 Å². The van der Waals surface area contributed by atoms with Crippen molar-refractivity contribution in [2.45, 2.75) is 0 Å². The molecule has 0 unspecified atom stereocenters. The van der Waals surface area contributed by atoms with Crippen LogP contribution in [-0.4, -0.2) is 45.2 Å². The van der Waals surface area contributed by atoms with E-state index < -0.39 is 5.63 Å². The monoisotopic (exact) mass is 399 g/mol. The number of nitrogens with one attached hydrogen (secondary N) is 1. The highest BCUT2D eigenvalue weighted by molar-refractivity contribution is 6.04. The maximum atomic E-state index is 12.5. The molecule has 0 aromatic carbocycles. The lowest BCUT2D eigenvalue weighted by Crippen LogP contribution is -2.43. The molecule has 144 valence electrons. The average Bonchev–Trinajstić information content (AvgIpc) is 3.19. The fraction of sp³-hybridized carbons (Fsp3) is 0.211. The molecule has 0 amide bonds. The first-order valence-corrected chi connectivity index (χ1v) is 9.13. The van der Waals surface area contributed by atoms with Gasteiger partial charge in [0, 0.05) is 44.0 Å². The van der Waals surface area contributed by atoms with Crippen molar-refractivity contribution in [2.75, 3.05) is 31.1 Å². The molecule has 4 aromatic rings. The highest BCUT2D eigenvalue weighted by atomic mass is 35.5. The minimum atomic E-state index is -0.425. The standard InChI is InChI=1S/C19H17N5O2.ClHO/c25-19-14(15-12-24-8-2-1-3-16(24)21-15)11-13-4-5-17(22-18(13)26-19)23-9-6-20-7-10-23;1-2/h1-5,8,11-12,20H,6-7,9-10H2;2H. The van der Waals surface area contributed by atoms with Crippen LogP contribution in [0.25, 0.3) is 28.0 Å². The Morgan fingerprint density at radius 2 is 1.93 bits per heavy atom. The number of fused-ring (bicyclic) bond motifs is 2. The second-order valence-electron chi connectivity index (χ2n) is 6.34. The number of aromatic nitrogens is 3. The summed E-state index contributed by atoms with van der Waals surface area (Å²) >= 11 is 3.64. The lowest BCUT2D eigenvalue weighted by molar-refractivity contribution is 0.547. The van der Waals surface area contributed by atoms with Gasteiger partial charge in [0.2, 0.25) is 5.71 Å². The third-order valence-electron chi connectivity index (χ3n) is 4.67. The zero-order valence-electron chi connectivity index (χ0n) is 14.9. The van der Waals surface area contributed by atoms with Crippen LogP contribution < -0.4 is 15.8 Å². The van der Waals surface area contributed by atoms with E-state index in [9.17, 15) is 4.79 Å². The summed E-state index contributed by atoms with van der Waals surface area (Å²) in [4.78, 5) is 23.8. The molecule has 4 aromatic heterocycles. The summed E-state index contributed by atoms with van der Waals surface area (Å²) < 4.78 is 13.9. The topological polar surface area (TPSA) is 95.9 Å². The first-order chi connectivity index (χ1) is 13.8. The Hall–Kier alpha value is -2.94. The van der Waals surface area contributed by atoms with Crippen molar-refractivity contribution in [1.29, 1.82) is 0 Å². The van der Waals surface area contributed by atoms with Crippen molar-refractivity contribution in [3.63, 3.8) is 0 Å². The van der Waals surface area contributed by atoms with Gasteiger partial charge in [-0.2, -0.15) is 4.98 Å². The van der Waals surface area contributed by atoms with Crippen molar-refractivity contribution in [1.82, 2.24) is 19.7 Å². The zero-order chi connectivity index (χ0) is 19.5. The fourth-order valence-corrected chi connectivity index (χ4v) is 3.30. The van der Waals surface area contributed by atoms with Gasteiger partial charge in [-0.3, -0.25) is 4.66 Å². The van der Waals surface area contributed by atoms with Crippen molar-refractivity contribution in [3.8, 4) is 11.3 Å². The van der Waals surface area contributed by atoms with Crippen LogP contribution >= 0.6 is 11.9 Å². The molecule has 1 fully saturated rings. The SMILES string of the molecule is O=c1oc2nc(N3CCNCC3)ccc2cc1-c1cn2ccccc2n1.OCl. The Morgan fingerprint density at radius 3 is 2.71 bits per heavy atom. The van der Waals surface area contributed by atoms with Crippen LogP contribution in [0.4, 0.5) is 5.82 Å². The molecule has 2 N–H and O–H groups in total. The molecule has 0 atom stereocenters. The molecule has 28 heavy (non-hydrogen) atoms. The molecule has 0 saturated carbocycles. The van der Waals surface area contributed by atoms with Crippen LogP contribution in [0, 0.1) is 0 Å². The molecule has 0 aliphatic carbocycles. The summed E-state index contributed by atoms with van der Waals surface area (Å²) in [5, 5.41) is 4.10. The number of hydrogen-bond donors (Lipinski definition) is 2. The molecular weight excluding hydrogens is 382 g/mol. The number of hydrogen-bond acceptors (Lipinski definition) is 7. The van der Waals surface area contributed by atoms with E-state index in [1.54, 1.807) is 6.07 Å². The first kappa shape index (κ1) is 18.4. The second kappa shape index (κ2) is 7.97. The summed E-state index contributed by atoms with van der Waals surface area (Å²) in [6.07, 6.45) is 3.73. The Kier molecular flexibility index (Phi) is 5.25. The normalized spacial score (nSPS) is 14.1. The zero-order valence-corrected chi connectivity index (χ0v) is 15.6. The summed E-state index contributed by atoms with van der Waals surface area (Å²) in [5.41, 5.74) is 1.76. The van der Waals surface area contributed by atoms with Gasteiger partial charge in [-0.1, -0.05) is 6.07 Å². The predicted octanol–water partition coefficient (Wildman–Crippen LogP) is 2.04. The van der Waals surface area contributed by atoms with Gasteiger partial charge in [0.25, 0.3) is 0 Å². The van der Waals surface area contributed by atoms with E-state index in [1.807, 2.05) is 47.1 Å². The van der Waals surface area contributed by atoms with Crippen LogP contribution in [0.1, 0.15) is 0 Å². The van der Waals surface area contributed by atoms with Crippen molar-refractivity contribution < 1.29 is 9.08 Å². The van der Waals surface area contributed by atoms with E-state index >= 15 is 0 Å². The Labute approximate surface area is 165 Å². The largest absolute Gasteiger partial charge is 0.403 e. The van der Waals surface area contributed by atoms with Gasteiger partial charge in [0.05, 0.1) is 23.1 Å². The van der Waals surface area contributed by atoms with Crippen LogP contribution in [0.2, 0.25) is 0 Å². The minimum Gasteiger partial charge on any atom is -0.403 e. The molecule has 0 radical (unpaired) electrons. The summed E-state index contributed by atoms with van der Waals surface area (Å²) in [6.45, 7) is 3.64. The van der Waals surface area contributed by atoms with Gasteiger partial charge in [-0.15, -0.1) is 0 Å². The number of pyridine rings is 2. The van der Waals surface area contributed by atoms with Gasteiger partial charge in [0.15, 0.2) is 0 Å². The Balaban J connectivity index is 0.000000932. The first-order valence-electron chi connectivity index (χ1n) is 8.79. The quantitative estimate of drug-likeness (QED) is 0.532. The highest BCUT2D eigenvalue weighted by Crippen LogP contribution is 2.22. The maximum absolute atomic E-state index is 12.5. The number of piperazine rings is 1. The Bertz CT molecular complexity index is 1130. The van der Waals surface area contributed by atoms with E-state index in [1.165, 1.54) is 0 Å². The number of halogens is 1. The molecule has 1 saturated heterocycles. The second-order valence-corrected chi connectivity index (χ2v) is 6.34. The van der Waals surface area contributed by atoms with E-state index in [-0.39, 0.29) is 0 Å². The third kappa shape index (κ3) is 3.45. The summed E-state index contributed by atoms with van der Waals surface area (Å²) in [5.74, 6) is 0.836. The molecule has 0 bridgehead atoms. The number of rotatable bonds is 2. The summed E-state index contributed by atoms with van der Waals surface area (Å²) in [7, 11) is 0. The molecule has 8 nitrogen and oxygen atoms in total. The molecule has 1 aliphatic heterocycles. The number of anilines is 1. The molecule has 1 aliphatic rings. The molecule has 5 heterocycles. The number of imidazole rings is 1. The molecule has 9 heteroatoms. The lowest BCUT2D eigenvalue weighted by Gasteiger charge is -2.28. The smallest absolute Gasteiger partial charge is 0.347 e. The fourth-order valence-electron chi connectivity index (χ4n) is 3.30. The minimum absolute atomic E-state index is 0.360. The molecule has 0 spiro atoms. The van der Waals surface area contributed by atoms with E-state index in [0.717, 1.165) is 43.0 Å². The lowest BCUT2D eigenvalue weighted by atomic mass is 10.2. The highest BCUT2D eigenvalue weighted by Gasteiger charge is 2.15. The van der Waals surface area contributed by atoms with Crippen LogP contribution in [-0.2, 0) is 0 Å². The van der Waals surface area contributed by atoms with Gasteiger partial charge in [-0.05, 0) is 30.3 Å². The molecular formula is C19H18ClN5O3. The van der Waals surface area contributed by atoms with Gasteiger partial charge in [-0.25, -0.2) is 9.78 Å². The summed E-state index contributed by atoms with van der Waals surface area (Å²) in [6, 6.07) is 11.5. The van der Waals surface area contributed by atoms with Gasteiger partial charge < -0.3 is 19.0 Å². The number of nitrogens with zero attached hydrogens (tertiary/aromatic N) is 4. The molecule has 5 rings (SSSR count). The Morgan fingerprint density at radius 1 is 1.11 bits per heavy atom. The third-order valence-corrected chi connectivity index (χ3v) is 4.67.